The normalized spacial score (nSPS) is 18.2. The number of hydrogen-bond donors (Lipinski definition) is 7. The molecule has 0 spiro atoms. The van der Waals surface area contributed by atoms with Gasteiger partial charge in [0.15, 0.2) is 0 Å². The highest BCUT2D eigenvalue weighted by Gasteiger charge is 2.39. The van der Waals surface area contributed by atoms with Crippen LogP contribution in [-0.4, -0.2) is 87.3 Å². The standard InChI is InChI=1S/C17H26N6O9/c18-7(4-11(19)24)14(28)21-8(6-13(26)27)15(29)22-9(5-12(20)25)16(30)23-3-1-2-10(23)17(31)32/h7-10H,1-6,18H2,(H2,19,24)(H2,20,25)(H,21,28)(H,22,29)(H,26,27)(H,31,32). The van der Waals surface area contributed by atoms with Crippen LogP contribution in [0.2, 0.25) is 0 Å². The van der Waals surface area contributed by atoms with Crippen LogP contribution in [0, 0.1) is 0 Å². The third kappa shape index (κ3) is 7.82. The van der Waals surface area contributed by atoms with Gasteiger partial charge in [-0.05, 0) is 12.8 Å². The summed E-state index contributed by atoms with van der Waals surface area (Å²) in [6.07, 6.45) is -1.62. The largest absolute Gasteiger partial charge is 0.481 e. The molecule has 1 aliphatic rings. The van der Waals surface area contributed by atoms with E-state index >= 15 is 0 Å². The van der Waals surface area contributed by atoms with E-state index in [1.807, 2.05) is 5.32 Å². The maximum Gasteiger partial charge on any atom is 0.326 e. The van der Waals surface area contributed by atoms with Crippen LogP contribution in [0.15, 0.2) is 0 Å². The summed E-state index contributed by atoms with van der Waals surface area (Å²) in [4.78, 5) is 83.2. The Kier molecular flexibility index (Phi) is 9.52. The van der Waals surface area contributed by atoms with E-state index in [2.05, 4.69) is 5.32 Å². The summed E-state index contributed by atoms with van der Waals surface area (Å²) in [6.45, 7) is 0.0677. The van der Waals surface area contributed by atoms with Gasteiger partial charge >= 0.3 is 11.9 Å². The number of aliphatic carboxylic acids is 2. The number of hydrogen-bond acceptors (Lipinski definition) is 8. The Morgan fingerprint density at radius 1 is 0.875 bits per heavy atom. The molecule has 0 bridgehead atoms. The molecule has 0 saturated carbocycles. The molecule has 0 aromatic heterocycles. The van der Waals surface area contributed by atoms with Crippen LogP contribution in [0.25, 0.3) is 0 Å². The number of nitrogens with zero attached hydrogens (tertiary/aromatic N) is 1. The molecule has 4 atom stereocenters. The number of carbonyl (C=O) groups is 7. The molecule has 10 N–H and O–H groups in total. The van der Waals surface area contributed by atoms with Gasteiger partial charge in [-0.3, -0.25) is 28.8 Å². The first-order chi connectivity index (χ1) is 14.8. The molecule has 0 aromatic rings. The highest BCUT2D eigenvalue weighted by atomic mass is 16.4. The lowest BCUT2D eigenvalue weighted by atomic mass is 10.1. The predicted octanol–water partition coefficient (Wildman–Crippen LogP) is -4.42. The molecule has 0 aliphatic carbocycles. The Morgan fingerprint density at radius 2 is 1.44 bits per heavy atom. The average molecular weight is 458 g/mol. The van der Waals surface area contributed by atoms with Crippen LogP contribution in [0.4, 0.5) is 0 Å². The first-order valence-electron chi connectivity index (χ1n) is 9.51. The van der Waals surface area contributed by atoms with E-state index in [0.717, 1.165) is 4.90 Å². The molecule has 15 nitrogen and oxygen atoms in total. The van der Waals surface area contributed by atoms with Crippen LogP contribution >= 0.6 is 0 Å². The summed E-state index contributed by atoms with van der Waals surface area (Å²) in [7, 11) is 0. The van der Waals surface area contributed by atoms with E-state index in [-0.39, 0.29) is 13.0 Å². The monoisotopic (exact) mass is 458 g/mol. The van der Waals surface area contributed by atoms with Gasteiger partial charge in [0.2, 0.25) is 29.5 Å². The van der Waals surface area contributed by atoms with Gasteiger partial charge in [0, 0.05) is 6.54 Å². The molecule has 1 heterocycles. The Balaban J connectivity index is 3.02. The van der Waals surface area contributed by atoms with Gasteiger partial charge in [-0.1, -0.05) is 0 Å². The second kappa shape index (κ2) is 11.6. The molecule has 1 rings (SSSR count). The summed E-state index contributed by atoms with van der Waals surface area (Å²) in [6, 6.07) is -5.93. The van der Waals surface area contributed by atoms with Gasteiger partial charge in [-0.15, -0.1) is 0 Å². The van der Waals surface area contributed by atoms with Crippen LogP contribution in [0.5, 0.6) is 0 Å². The maximum atomic E-state index is 12.8. The van der Waals surface area contributed by atoms with Crippen molar-refractivity contribution >= 4 is 41.5 Å². The number of nitrogens with two attached hydrogens (primary N) is 3. The minimum absolute atomic E-state index is 0.0677. The number of likely N-dealkylation sites (tertiary alicyclic amines) is 1. The molecule has 0 radical (unpaired) electrons. The topological polar surface area (TPSA) is 265 Å². The summed E-state index contributed by atoms with van der Waals surface area (Å²) >= 11 is 0. The lowest BCUT2D eigenvalue weighted by Crippen LogP contribution is -2.58. The van der Waals surface area contributed by atoms with E-state index in [0.29, 0.717) is 6.42 Å². The predicted molar refractivity (Wildman–Crippen MR) is 104 cm³/mol. The second-order valence-electron chi connectivity index (χ2n) is 7.20. The van der Waals surface area contributed by atoms with E-state index in [9.17, 15) is 38.7 Å². The summed E-state index contributed by atoms with van der Waals surface area (Å²) in [5.41, 5.74) is 15.5. The average Bonchev–Trinajstić information content (AvgIpc) is 3.15. The highest BCUT2D eigenvalue weighted by Crippen LogP contribution is 2.19. The highest BCUT2D eigenvalue weighted by molar-refractivity contribution is 5.97. The minimum Gasteiger partial charge on any atom is -0.481 e. The van der Waals surface area contributed by atoms with Crippen molar-refractivity contribution in [3.63, 3.8) is 0 Å². The molecule has 178 valence electrons. The smallest absolute Gasteiger partial charge is 0.326 e. The SMILES string of the molecule is NC(=O)CC(N)C(=O)NC(CC(=O)O)C(=O)NC(CC(N)=O)C(=O)N1CCCC1C(=O)O. The Bertz CT molecular complexity index is 801. The first-order valence-corrected chi connectivity index (χ1v) is 9.51. The molecule has 4 unspecified atom stereocenters. The van der Waals surface area contributed by atoms with Gasteiger partial charge in [-0.25, -0.2) is 4.79 Å². The van der Waals surface area contributed by atoms with Crippen LogP contribution in [0.1, 0.15) is 32.1 Å². The van der Waals surface area contributed by atoms with Crippen molar-refractivity contribution in [1.82, 2.24) is 15.5 Å². The van der Waals surface area contributed by atoms with E-state index in [1.165, 1.54) is 0 Å². The number of primary amides is 2. The lowest BCUT2D eigenvalue weighted by Gasteiger charge is -2.28. The minimum atomic E-state index is -1.73. The molecule has 15 heteroatoms. The fourth-order valence-electron chi connectivity index (χ4n) is 3.13. The number of carboxylic acid groups (broad SMARTS) is 2. The fourth-order valence-corrected chi connectivity index (χ4v) is 3.13. The summed E-state index contributed by atoms with van der Waals surface area (Å²) in [5.74, 6) is -7.75. The third-order valence-electron chi connectivity index (χ3n) is 4.61. The number of rotatable bonds is 12. The summed E-state index contributed by atoms with van der Waals surface area (Å²) in [5, 5.41) is 22.5. The fraction of sp³-hybridized carbons (Fsp3) is 0.588. The van der Waals surface area contributed by atoms with Crippen LogP contribution < -0.4 is 27.8 Å². The van der Waals surface area contributed by atoms with Crippen molar-refractivity contribution in [3.8, 4) is 0 Å². The maximum absolute atomic E-state index is 12.8. The lowest BCUT2D eigenvalue weighted by molar-refractivity contribution is -0.150. The third-order valence-corrected chi connectivity index (χ3v) is 4.61. The number of amides is 5. The van der Waals surface area contributed by atoms with Gasteiger partial charge < -0.3 is 42.9 Å². The van der Waals surface area contributed by atoms with Gasteiger partial charge in [0.25, 0.3) is 0 Å². The molecule has 0 aromatic carbocycles. The molecular formula is C17H26N6O9. The first kappa shape index (κ1) is 26.3. The number of nitrogens with one attached hydrogen (secondary N) is 2. The number of carboxylic acids is 2. The Labute approximate surface area is 181 Å². The molecule has 1 saturated heterocycles. The van der Waals surface area contributed by atoms with Crippen LogP contribution in [-0.2, 0) is 33.6 Å². The molecule has 1 fully saturated rings. The zero-order valence-electron chi connectivity index (χ0n) is 17.0. The Morgan fingerprint density at radius 3 is 1.94 bits per heavy atom. The van der Waals surface area contributed by atoms with Gasteiger partial charge in [0.05, 0.1) is 25.3 Å². The van der Waals surface area contributed by atoms with Crippen molar-refractivity contribution in [3.05, 3.63) is 0 Å². The molecule has 5 amide bonds. The zero-order valence-corrected chi connectivity index (χ0v) is 17.0. The van der Waals surface area contributed by atoms with Crippen molar-refractivity contribution in [2.24, 2.45) is 17.2 Å². The van der Waals surface area contributed by atoms with E-state index < -0.39 is 84.9 Å². The van der Waals surface area contributed by atoms with E-state index in [1.54, 1.807) is 0 Å². The second-order valence-corrected chi connectivity index (χ2v) is 7.20. The van der Waals surface area contributed by atoms with Gasteiger partial charge in [-0.2, -0.15) is 0 Å². The van der Waals surface area contributed by atoms with E-state index in [4.69, 9.17) is 22.3 Å². The summed E-state index contributed by atoms with van der Waals surface area (Å²) < 4.78 is 0. The van der Waals surface area contributed by atoms with Crippen molar-refractivity contribution in [2.45, 2.75) is 56.3 Å². The zero-order chi connectivity index (χ0) is 24.6. The molecule has 32 heavy (non-hydrogen) atoms. The van der Waals surface area contributed by atoms with Crippen molar-refractivity contribution in [1.29, 1.82) is 0 Å². The van der Waals surface area contributed by atoms with Crippen molar-refractivity contribution < 1.29 is 43.8 Å². The quantitative estimate of drug-likeness (QED) is 0.147. The van der Waals surface area contributed by atoms with Crippen molar-refractivity contribution in [2.75, 3.05) is 6.54 Å². The molecule has 1 aliphatic heterocycles. The Hall–Kier alpha value is -3.75. The van der Waals surface area contributed by atoms with Gasteiger partial charge in [0.1, 0.15) is 18.1 Å². The number of carbonyl (C=O) groups excluding carboxylic acids is 5. The molecular weight excluding hydrogens is 432 g/mol. The van der Waals surface area contributed by atoms with Crippen LogP contribution in [0.3, 0.4) is 0 Å².